The highest BCUT2D eigenvalue weighted by Crippen LogP contribution is 2.05. The highest BCUT2D eigenvalue weighted by Gasteiger charge is 2.08. The number of methoxy groups -OCH3 is 1. The molecule has 0 bridgehead atoms. The number of halogens is 1. The lowest BCUT2D eigenvalue weighted by Crippen LogP contribution is -2.37. The zero-order valence-corrected chi connectivity index (χ0v) is 10.8. The molecule has 0 aliphatic heterocycles. The molecule has 0 aliphatic rings. The van der Waals surface area contributed by atoms with Crippen LogP contribution in [0, 0.1) is 5.82 Å². The van der Waals surface area contributed by atoms with Gasteiger partial charge >= 0.3 is 6.03 Å². The van der Waals surface area contributed by atoms with Crippen molar-refractivity contribution in [2.24, 2.45) is 0 Å². The minimum absolute atomic E-state index is 0.195. The smallest absolute Gasteiger partial charge is 0.317 e. The van der Waals surface area contributed by atoms with Crippen LogP contribution in [0.3, 0.4) is 0 Å². The van der Waals surface area contributed by atoms with Crippen LogP contribution in [0.4, 0.5) is 9.18 Å². The summed E-state index contributed by atoms with van der Waals surface area (Å²) in [4.78, 5) is 13.2. The van der Waals surface area contributed by atoms with E-state index in [1.54, 1.807) is 37.3 Å². The summed E-state index contributed by atoms with van der Waals surface area (Å²) in [5.74, 6) is -0.306. The number of amides is 2. The van der Waals surface area contributed by atoms with Crippen molar-refractivity contribution in [3.8, 4) is 0 Å². The second-order valence-electron chi connectivity index (χ2n) is 4.02. The molecule has 0 heterocycles. The van der Waals surface area contributed by atoms with Gasteiger partial charge in [0.1, 0.15) is 5.82 Å². The summed E-state index contributed by atoms with van der Waals surface area (Å²) < 4.78 is 18.2. The van der Waals surface area contributed by atoms with Gasteiger partial charge < -0.3 is 15.0 Å². The lowest BCUT2D eigenvalue weighted by atomic mass is 10.2. The van der Waals surface area contributed by atoms with E-state index in [1.807, 2.05) is 0 Å². The summed E-state index contributed by atoms with van der Waals surface area (Å²) >= 11 is 0. The number of carbonyl (C=O) groups excluding carboxylic acids is 1. The van der Waals surface area contributed by atoms with Crippen molar-refractivity contribution < 1.29 is 13.9 Å². The van der Waals surface area contributed by atoms with Gasteiger partial charge in [0, 0.05) is 39.4 Å². The Morgan fingerprint density at radius 2 is 2.17 bits per heavy atom. The summed E-state index contributed by atoms with van der Waals surface area (Å²) in [6.07, 6.45) is 0.778. The third kappa shape index (κ3) is 4.71. The fraction of sp³-hybridized carbons (Fsp3) is 0.462. The van der Waals surface area contributed by atoms with Gasteiger partial charge in [-0.1, -0.05) is 18.2 Å². The van der Waals surface area contributed by atoms with Crippen LogP contribution in [-0.4, -0.2) is 38.2 Å². The maximum Gasteiger partial charge on any atom is 0.317 e. The van der Waals surface area contributed by atoms with Gasteiger partial charge in [-0.2, -0.15) is 0 Å². The molecule has 0 saturated carbocycles. The van der Waals surface area contributed by atoms with Crippen molar-refractivity contribution in [2.75, 3.05) is 27.3 Å². The topological polar surface area (TPSA) is 41.6 Å². The van der Waals surface area contributed by atoms with Crippen LogP contribution >= 0.6 is 0 Å². The fourth-order valence-corrected chi connectivity index (χ4v) is 1.50. The van der Waals surface area contributed by atoms with Gasteiger partial charge in [0.2, 0.25) is 0 Å². The van der Waals surface area contributed by atoms with Crippen LogP contribution in [0.5, 0.6) is 0 Å². The molecule has 18 heavy (non-hydrogen) atoms. The van der Waals surface area contributed by atoms with Gasteiger partial charge in [0.05, 0.1) is 0 Å². The third-order valence-corrected chi connectivity index (χ3v) is 2.58. The predicted molar refractivity (Wildman–Crippen MR) is 67.8 cm³/mol. The predicted octanol–water partition coefficient (Wildman–Crippen LogP) is 2.00. The molecule has 0 radical (unpaired) electrons. The quantitative estimate of drug-likeness (QED) is 0.789. The highest BCUT2D eigenvalue weighted by atomic mass is 19.1. The van der Waals surface area contributed by atoms with Crippen molar-refractivity contribution in [1.29, 1.82) is 0 Å². The Bertz CT molecular complexity index is 385. The van der Waals surface area contributed by atoms with Crippen molar-refractivity contribution in [3.05, 3.63) is 35.6 Å². The first-order valence-corrected chi connectivity index (χ1v) is 5.86. The first kappa shape index (κ1) is 14.4. The van der Waals surface area contributed by atoms with Gasteiger partial charge in [-0.05, 0) is 12.5 Å². The standard InChI is InChI=1S/C13H19FN2O2/c1-16(8-5-9-18-2)13(17)15-10-11-6-3-4-7-12(11)14/h3-4,6-7H,5,8-10H2,1-2H3,(H,15,17). The molecule has 0 spiro atoms. The van der Waals surface area contributed by atoms with Crippen LogP contribution in [0.2, 0.25) is 0 Å². The van der Waals surface area contributed by atoms with Crippen LogP contribution < -0.4 is 5.32 Å². The molecule has 1 N–H and O–H groups in total. The molecule has 100 valence electrons. The van der Waals surface area contributed by atoms with E-state index in [4.69, 9.17) is 4.74 Å². The van der Waals surface area contributed by atoms with Gasteiger partial charge in [-0.25, -0.2) is 9.18 Å². The molecule has 2 amide bonds. The number of carbonyl (C=O) groups is 1. The van der Waals surface area contributed by atoms with Gasteiger partial charge in [0.25, 0.3) is 0 Å². The normalized spacial score (nSPS) is 10.2. The number of nitrogens with zero attached hydrogens (tertiary/aromatic N) is 1. The van der Waals surface area contributed by atoms with E-state index in [0.717, 1.165) is 6.42 Å². The minimum atomic E-state index is -0.306. The molecule has 5 heteroatoms. The number of benzene rings is 1. The summed E-state index contributed by atoms with van der Waals surface area (Å²) in [5.41, 5.74) is 0.483. The van der Waals surface area contributed by atoms with Crippen LogP contribution in [0.1, 0.15) is 12.0 Å². The molecule has 1 aromatic rings. The monoisotopic (exact) mass is 254 g/mol. The molecule has 0 atom stereocenters. The Balaban J connectivity index is 2.34. The average molecular weight is 254 g/mol. The zero-order valence-electron chi connectivity index (χ0n) is 10.8. The van der Waals surface area contributed by atoms with E-state index in [9.17, 15) is 9.18 Å². The van der Waals surface area contributed by atoms with E-state index in [1.165, 1.54) is 6.07 Å². The van der Waals surface area contributed by atoms with Gasteiger partial charge in [-0.15, -0.1) is 0 Å². The first-order chi connectivity index (χ1) is 8.65. The van der Waals surface area contributed by atoms with E-state index in [0.29, 0.717) is 18.7 Å². The van der Waals surface area contributed by atoms with Gasteiger partial charge in [0.15, 0.2) is 0 Å². The fourth-order valence-electron chi connectivity index (χ4n) is 1.50. The molecule has 1 rings (SSSR count). The molecule has 0 saturated heterocycles. The second-order valence-corrected chi connectivity index (χ2v) is 4.02. The third-order valence-electron chi connectivity index (χ3n) is 2.58. The second kappa shape index (κ2) is 7.66. The van der Waals surface area contributed by atoms with E-state index in [-0.39, 0.29) is 18.4 Å². The number of nitrogens with one attached hydrogen (secondary N) is 1. The summed E-state index contributed by atoms with van der Waals surface area (Å²) in [7, 11) is 3.32. The van der Waals surface area contributed by atoms with Gasteiger partial charge in [-0.3, -0.25) is 0 Å². The van der Waals surface area contributed by atoms with E-state index in [2.05, 4.69) is 5.32 Å². The Labute approximate surface area is 107 Å². The lowest BCUT2D eigenvalue weighted by molar-refractivity contribution is 0.175. The largest absolute Gasteiger partial charge is 0.385 e. The van der Waals surface area contributed by atoms with Crippen molar-refractivity contribution in [1.82, 2.24) is 10.2 Å². The van der Waals surface area contributed by atoms with E-state index < -0.39 is 0 Å². The molecule has 0 aliphatic carbocycles. The molecule has 4 nitrogen and oxygen atoms in total. The average Bonchev–Trinajstić information content (AvgIpc) is 2.37. The molecular formula is C13H19FN2O2. The van der Waals surface area contributed by atoms with Crippen LogP contribution in [0.15, 0.2) is 24.3 Å². The number of ether oxygens (including phenoxy) is 1. The summed E-state index contributed by atoms with van der Waals surface area (Å²) in [6.45, 7) is 1.42. The van der Waals surface area contributed by atoms with Crippen molar-refractivity contribution in [3.63, 3.8) is 0 Å². The van der Waals surface area contributed by atoms with Crippen molar-refractivity contribution in [2.45, 2.75) is 13.0 Å². The van der Waals surface area contributed by atoms with Crippen LogP contribution in [0.25, 0.3) is 0 Å². The summed E-state index contributed by atoms with van der Waals surface area (Å²) in [5, 5.41) is 2.67. The lowest BCUT2D eigenvalue weighted by Gasteiger charge is -2.17. The Morgan fingerprint density at radius 3 is 2.83 bits per heavy atom. The Hall–Kier alpha value is -1.62. The molecule has 1 aromatic carbocycles. The maximum atomic E-state index is 13.3. The Kier molecular flexibility index (Phi) is 6.14. The van der Waals surface area contributed by atoms with Crippen molar-refractivity contribution >= 4 is 6.03 Å². The number of hydrogen-bond acceptors (Lipinski definition) is 2. The number of urea groups is 1. The first-order valence-electron chi connectivity index (χ1n) is 5.86. The highest BCUT2D eigenvalue weighted by molar-refractivity contribution is 5.73. The zero-order chi connectivity index (χ0) is 13.4. The molecule has 0 unspecified atom stereocenters. The maximum absolute atomic E-state index is 13.3. The molecule has 0 fully saturated rings. The van der Waals surface area contributed by atoms with Crippen LogP contribution in [-0.2, 0) is 11.3 Å². The Morgan fingerprint density at radius 1 is 1.44 bits per heavy atom. The number of hydrogen-bond donors (Lipinski definition) is 1. The minimum Gasteiger partial charge on any atom is -0.385 e. The van der Waals surface area contributed by atoms with E-state index >= 15 is 0 Å². The summed E-state index contributed by atoms with van der Waals surface area (Å²) in [6, 6.07) is 6.18. The SMILES string of the molecule is COCCCN(C)C(=O)NCc1ccccc1F. The molecule has 0 aromatic heterocycles. The molecular weight excluding hydrogens is 235 g/mol. The number of rotatable bonds is 6.